The Morgan fingerprint density at radius 3 is 2.83 bits per heavy atom. The summed E-state index contributed by atoms with van der Waals surface area (Å²) in [5, 5.41) is 1.10. The number of aliphatic imine (C=N–C) groups is 1. The predicted molar refractivity (Wildman–Crippen MR) is 94.4 cm³/mol. The van der Waals surface area contributed by atoms with Crippen molar-refractivity contribution < 1.29 is 4.79 Å². The highest BCUT2D eigenvalue weighted by molar-refractivity contribution is 6.09. The Bertz CT molecular complexity index is 829. The number of nitrogens with two attached hydrogens (primary N) is 1. The molecular formula is C18H22N4O. The molecule has 1 aliphatic rings. The number of hydrogen-bond donors (Lipinski definition) is 2. The minimum atomic E-state index is 0.0705. The first kappa shape index (κ1) is 15.3. The third kappa shape index (κ3) is 2.63. The molecule has 0 saturated carbocycles. The number of fused-ring (bicyclic) bond motifs is 1. The van der Waals surface area contributed by atoms with Crippen LogP contribution >= 0.6 is 0 Å². The summed E-state index contributed by atoms with van der Waals surface area (Å²) in [7, 11) is 1.78. The van der Waals surface area contributed by atoms with Crippen LogP contribution in [0, 0.1) is 6.92 Å². The number of carbonyl (C=O) groups is 1. The zero-order valence-electron chi connectivity index (χ0n) is 13.8. The van der Waals surface area contributed by atoms with Crippen LogP contribution in [0.3, 0.4) is 0 Å². The normalized spacial score (nSPS) is 19.4. The van der Waals surface area contributed by atoms with Crippen molar-refractivity contribution in [2.24, 2.45) is 10.7 Å². The van der Waals surface area contributed by atoms with Crippen LogP contribution < -0.4 is 5.73 Å². The molecule has 3 rings (SSSR count). The number of aryl methyl sites for hydroxylation is 1. The first-order valence-electron chi connectivity index (χ1n) is 7.80. The summed E-state index contributed by atoms with van der Waals surface area (Å²) in [6, 6.07) is 6.16. The number of amides is 1. The topological polar surface area (TPSA) is 74.5 Å². The van der Waals surface area contributed by atoms with Crippen molar-refractivity contribution in [3.05, 3.63) is 41.1 Å². The molecule has 1 fully saturated rings. The lowest BCUT2D eigenvalue weighted by Gasteiger charge is -2.30. The van der Waals surface area contributed by atoms with Crippen molar-refractivity contribution in [2.75, 3.05) is 20.1 Å². The molecular weight excluding hydrogens is 288 g/mol. The lowest BCUT2D eigenvalue weighted by atomic mass is 9.94. The monoisotopic (exact) mass is 310 g/mol. The Hall–Kier alpha value is -2.56. The van der Waals surface area contributed by atoms with Crippen LogP contribution in [0.2, 0.25) is 0 Å². The first-order valence-corrected chi connectivity index (χ1v) is 7.80. The van der Waals surface area contributed by atoms with Crippen molar-refractivity contribution >= 4 is 28.2 Å². The molecule has 120 valence electrons. The van der Waals surface area contributed by atoms with Gasteiger partial charge in [-0.15, -0.1) is 0 Å². The number of likely N-dealkylation sites (tertiary alicyclic amines) is 1. The molecule has 1 aromatic carbocycles. The van der Waals surface area contributed by atoms with Crippen molar-refractivity contribution in [3.8, 4) is 0 Å². The highest BCUT2D eigenvalue weighted by Crippen LogP contribution is 2.28. The van der Waals surface area contributed by atoms with E-state index in [0.717, 1.165) is 34.2 Å². The average molecular weight is 310 g/mol. The molecule has 5 heteroatoms. The van der Waals surface area contributed by atoms with Gasteiger partial charge in [-0.1, -0.05) is 12.1 Å². The number of carbonyl (C=O) groups excluding carboxylic acids is 1. The van der Waals surface area contributed by atoms with Gasteiger partial charge in [0.2, 0.25) is 5.91 Å². The van der Waals surface area contributed by atoms with Gasteiger partial charge in [0.15, 0.2) is 0 Å². The van der Waals surface area contributed by atoms with Crippen LogP contribution in [0.1, 0.15) is 24.5 Å². The molecule has 1 saturated heterocycles. The smallest absolute Gasteiger partial charge is 0.219 e. The summed E-state index contributed by atoms with van der Waals surface area (Å²) < 4.78 is 0. The van der Waals surface area contributed by atoms with Gasteiger partial charge in [-0.25, -0.2) is 0 Å². The van der Waals surface area contributed by atoms with Gasteiger partial charge in [0, 0.05) is 73.1 Å². The maximum Gasteiger partial charge on any atom is 0.219 e. The quantitative estimate of drug-likeness (QED) is 0.849. The fraction of sp³-hybridized carbons (Fsp3) is 0.333. The Morgan fingerprint density at radius 2 is 2.13 bits per heavy atom. The number of aromatic nitrogens is 1. The number of nitrogens with zero attached hydrogens (tertiary/aromatic N) is 2. The fourth-order valence-corrected chi connectivity index (χ4v) is 3.21. The molecule has 1 aliphatic heterocycles. The highest BCUT2D eigenvalue weighted by Gasteiger charge is 2.24. The maximum atomic E-state index is 11.7. The van der Waals surface area contributed by atoms with Gasteiger partial charge in [-0.05, 0) is 18.6 Å². The molecule has 0 atom stereocenters. The average Bonchev–Trinajstić information content (AvgIpc) is 3.04. The second-order valence-corrected chi connectivity index (χ2v) is 5.95. The van der Waals surface area contributed by atoms with E-state index in [1.165, 1.54) is 5.56 Å². The number of hydrogen-bond acceptors (Lipinski definition) is 3. The molecule has 0 aliphatic carbocycles. The Balaban J connectivity index is 2.15. The van der Waals surface area contributed by atoms with Gasteiger partial charge < -0.3 is 15.6 Å². The van der Waals surface area contributed by atoms with Crippen LogP contribution in [-0.2, 0) is 4.79 Å². The maximum absolute atomic E-state index is 11.7. The number of rotatable bonds is 1. The summed E-state index contributed by atoms with van der Waals surface area (Å²) >= 11 is 0. The zero-order valence-corrected chi connectivity index (χ0v) is 13.8. The van der Waals surface area contributed by atoms with E-state index in [-0.39, 0.29) is 5.91 Å². The second-order valence-electron chi connectivity index (χ2n) is 5.95. The number of piperidine rings is 1. The number of benzene rings is 1. The number of nitrogens with one attached hydrogen (secondary N) is 1. The minimum absolute atomic E-state index is 0.0705. The standard InChI is InChI=1S/C18H22N4O/c1-11-4-5-13(14-6-8-21-18(11)14)17(19)15-10-22(12(2)23)9-7-16(15)20-3/h4-6,8,21H,7,9-10,19H2,1-3H3. The summed E-state index contributed by atoms with van der Waals surface area (Å²) in [6.45, 7) is 4.89. The van der Waals surface area contributed by atoms with Gasteiger partial charge in [0.25, 0.3) is 0 Å². The molecule has 0 unspecified atom stereocenters. The van der Waals surface area contributed by atoms with Crippen LogP contribution in [0.15, 0.2) is 35.0 Å². The second kappa shape index (κ2) is 5.91. The third-order valence-corrected chi connectivity index (χ3v) is 4.58. The number of H-pyrrole nitrogens is 1. The van der Waals surface area contributed by atoms with Crippen LogP contribution in [0.5, 0.6) is 0 Å². The first-order chi connectivity index (χ1) is 11.0. The van der Waals surface area contributed by atoms with E-state index in [4.69, 9.17) is 5.73 Å². The Kier molecular flexibility index (Phi) is 3.94. The Labute approximate surface area is 135 Å². The van der Waals surface area contributed by atoms with Crippen LogP contribution in [0.4, 0.5) is 0 Å². The van der Waals surface area contributed by atoms with Gasteiger partial charge >= 0.3 is 0 Å². The molecule has 2 heterocycles. The van der Waals surface area contributed by atoms with Crippen molar-refractivity contribution in [1.29, 1.82) is 0 Å². The highest BCUT2D eigenvalue weighted by atomic mass is 16.2. The largest absolute Gasteiger partial charge is 0.398 e. The summed E-state index contributed by atoms with van der Waals surface area (Å²) in [6.07, 6.45) is 2.67. The van der Waals surface area contributed by atoms with E-state index in [0.29, 0.717) is 18.8 Å². The van der Waals surface area contributed by atoms with E-state index in [9.17, 15) is 4.79 Å². The lowest BCUT2D eigenvalue weighted by molar-refractivity contribution is -0.128. The summed E-state index contributed by atoms with van der Waals surface area (Å²) in [5.74, 6) is 0.0705. The molecule has 23 heavy (non-hydrogen) atoms. The van der Waals surface area contributed by atoms with Crippen molar-refractivity contribution in [1.82, 2.24) is 9.88 Å². The Morgan fingerprint density at radius 1 is 1.35 bits per heavy atom. The summed E-state index contributed by atoms with van der Waals surface area (Å²) in [4.78, 5) is 21.2. The molecule has 0 bridgehead atoms. The van der Waals surface area contributed by atoms with Crippen LogP contribution in [-0.4, -0.2) is 41.6 Å². The number of aromatic amines is 1. The fourth-order valence-electron chi connectivity index (χ4n) is 3.21. The van der Waals surface area contributed by atoms with Gasteiger partial charge in [0.1, 0.15) is 0 Å². The molecule has 1 amide bonds. The molecule has 0 radical (unpaired) electrons. The van der Waals surface area contributed by atoms with Crippen molar-refractivity contribution in [2.45, 2.75) is 20.3 Å². The van der Waals surface area contributed by atoms with E-state index in [2.05, 4.69) is 23.0 Å². The van der Waals surface area contributed by atoms with Crippen molar-refractivity contribution in [3.63, 3.8) is 0 Å². The third-order valence-electron chi connectivity index (χ3n) is 4.58. The van der Waals surface area contributed by atoms with E-state index in [1.54, 1.807) is 14.0 Å². The zero-order chi connectivity index (χ0) is 16.6. The van der Waals surface area contributed by atoms with E-state index >= 15 is 0 Å². The van der Waals surface area contributed by atoms with E-state index in [1.807, 2.05) is 23.2 Å². The molecule has 1 aromatic heterocycles. The molecule has 3 N–H and O–H groups in total. The van der Waals surface area contributed by atoms with Crippen LogP contribution in [0.25, 0.3) is 16.6 Å². The van der Waals surface area contributed by atoms with Gasteiger partial charge in [-0.2, -0.15) is 0 Å². The molecule has 0 spiro atoms. The minimum Gasteiger partial charge on any atom is -0.398 e. The van der Waals surface area contributed by atoms with Gasteiger partial charge in [-0.3, -0.25) is 9.79 Å². The van der Waals surface area contributed by atoms with Gasteiger partial charge in [0.05, 0.1) is 0 Å². The predicted octanol–water partition coefficient (Wildman–Crippen LogP) is 2.47. The molecule has 2 aromatic rings. The SMILES string of the molecule is CN=C1CCN(C(C)=O)CC1=C(N)c1ccc(C)c2[nH]ccc12. The molecule has 5 nitrogen and oxygen atoms in total. The van der Waals surface area contributed by atoms with E-state index < -0.39 is 0 Å². The summed E-state index contributed by atoms with van der Waals surface area (Å²) in [5.41, 5.74) is 12.5. The lowest BCUT2D eigenvalue weighted by Crippen LogP contribution is -2.39.